The average Bonchev–Trinajstić information content (AvgIpc) is 2.89. The van der Waals surface area contributed by atoms with E-state index >= 15 is 0 Å². The van der Waals surface area contributed by atoms with E-state index in [0.29, 0.717) is 18.7 Å². The molecular formula is C15H11ClN2O3. The molecule has 1 aliphatic rings. The van der Waals surface area contributed by atoms with Crippen molar-refractivity contribution in [1.82, 2.24) is 4.98 Å². The summed E-state index contributed by atoms with van der Waals surface area (Å²) in [6, 6.07) is 9.66. The highest BCUT2D eigenvalue weighted by Crippen LogP contribution is 2.30. The maximum Gasteiger partial charge on any atom is 0.335 e. The van der Waals surface area contributed by atoms with Crippen molar-refractivity contribution in [3.63, 3.8) is 0 Å². The molecule has 2 aromatic rings. The first kappa shape index (κ1) is 13.6. The van der Waals surface area contributed by atoms with Crippen molar-refractivity contribution in [2.45, 2.75) is 6.42 Å². The number of hydrogen-bond acceptors (Lipinski definition) is 3. The maximum absolute atomic E-state index is 12.5. The van der Waals surface area contributed by atoms with Crippen LogP contribution < -0.4 is 4.90 Å². The van der Waals surface area contributed by atoms with Crippen molar-refractivity contribution in [3.05, 3.63) is 58.4 Å². The van der Waals surface area contributed by atoms with Crippen LogP contribution in [0.5, 0.6) is 0 Å². The van der Waals surface area contributed by atoms with Crippen molar-refractivity contribution in [2.75, 3.05) is 11.4 Å². The second-order valence-electron chi connectivity index (χ2n) is 4.70. The summed E-state index contributed by atoms with van der Waals surface area (Å²) in [5, 5.41) is 9.31. The van der Waals surface area contributed by atoms with Gasteiger partial charge < -0.3 is 10.0 Å². The Labute approximate surface area is 125 Å². The first-order valence-electron chi connectivity index (χ1n) is 6.37. The fourth-order valence-electron chi connectivity index (χ4n) is 2.39. The van der Waals surface area contributed by atoms with Crippen molar-refractivity contribution in [1.29, 1.82) is 0 Å². The molecule has 0 saturated heterocycles. The fourth-order valence-corrected chi connectivity index (χ4v) is 2.55. The van der Waals surface area contributed by atoms with E-state index in [9.17, 15) is 9.59 Å². The molecule has 0 aliphatic carbocycles. The van der Waals surface area contributed by atoms with Gasteiger partial charge in [0.1, 0.15) is 10.8 Å². The molecule has 0 spiro atoms. The van der Waals surface area contributed by atoms with Crippen LogP contribution in [0.3, 0.4) is 0 Å². The highest BCUT2D eigenvalue weighted by atomic mass is 35.5. The van der Waals surface area contributed by atoms with Gasteiger partial charge in [0.25, 0.3) is 5.91 Å². The molecule has 5 nitrogen and oxygen atoms in total. The SMILES string of the molecule is O=C(O)c1ccc2c(c1)N(C(=O)c1cccc(Cl)n1)CC2. The third-order valence-electron chi connectivity index (χ3n) is 3.41. The van der Waals surface area contributed by atoms with E-state index in [-0.39, 0.29) is 22.3 Å². The number of carboxylic acid groups (broad SMARTS) is 1. The molecule has 0 unspecified atom stereocenters. The predicted molar refractivity (Wildman–Crippen MR) is 78.0 cm³/mol. The van der Waals surface area contributed by atoms with Crippen LogP contribution in [0.25, 0.3) is 0 Å². The molecule has 0 atom stereocenters. The molecule has 3 rings (SSSR count). The second-order valence-corrected chi connectivity index (χ2v) is 5.09. The summed E-state index contributed by atoms with van der Waals surface area (Å²) >= 11 is 5.80. The van der Waals surface area contributed by atoms with Gasteiger partial charge in [-0.1, -0.05) is 23.7 Å². The molecule has 0 fully saturated rings. The minimum atomic E-state index is -1.02. The lowest BCUT2D eigenvalue weighted by atomic mass is 10.1. The van der Waals surface area contributed by atoms with Gasteiger partial charge in [-0.3, -0.25) is 4.79 Å². The summed E-state index contributed by atoms with van der Waals surface area (Å²) in [6.45, 7) is 0.505. The Balaban J connectivity index is 1.98. The summed E-state index contributed by atoms with van der Waals surface area (Å²) in [4.78, 5) is 29.1. The number of halogens is 1. The van der Waals surface area contributed by atoms with Crippen molar-refractivity contribution < 1.29 is 14.7 Å². The van der Waals surface area contributed by atoms with E-state index in [1.807, 2.05) is 0 Å². The third-order valence-corrected chi connectivity index (χ3v) is 3.62. The largest absolute Gasteiger partial charge is 0.478 e. The number of aromatic nitrogens is 1. The summed E-state index contributed by atoms with van der Waals surface area (Å²) in [5.41, 5.74) is 1.99. The molecule has 1 N–H and O–H groups in total. The lowest BCUT2D eigenvalue weighted by molar-refractivity contribution is 0.0696. The van der Waals surface area contributed by atoms with Gasteiger partial charge in [0.15, 0.2) is 0 Å². The highest BCUT2D eigenvalue weighted by molar-refractivity contribution is 6.29. The normalized spacial score (nSPS) is 13.1. The van der Waals surface area contributed by atoms with E-state index in [1.165, 1.54) is 6.07 Å². The molecule has 1 aromatic carbocycles. The molecule has 21 heavy (non-hydrogen) atoms. The van der Waals surface area contributed by atoms with Crippen LogP contribution in [-0.4, -0.2) is 28.5 Å². The number of amides is 1. The number of fused-ring (bicyclic) bond motifs is 1. The van der Waals surface area contributed by atoms with Crippen LogP contribution in [0.15, 0.2) is 36.4 Å². The molecule has 2 heterocycles. The Bertz CT molecular complexity index is 745. The molecule has 1 aromatic heterocycles. The van der Waals surface area contributed by atoms with Gasteiger partial charge >= 0.3 is 5.97 Å². The Morgan fingerprint density at radius 3 is 2.76 bits per heavy atom. The number of benzene rings is 1. The number of anilines is 1. The van der Waals surface area contributed by atoms with Gasteiger partial charge in [-0.2, -0.15) is 0 Å². The van der Waals surface area contributed by atoms with E-state index < -0.39 is 5.97 Å². The Morgan fingerprint density at radius 2 is 2.05 bits per heavy atom. The Hall–Kier alpha value is -2.40. The standard InChI is InChI=1S/C15H11ClN2O3/c16-13-3-1-2-11(17-13)14(19)18-7-6-9-4-5-10(15(20)21)8-12(9)18/h1-5,8H,6-7H2,(H,20,21). The van der Waals surface area contributed by atoms with E-state index in [4.69, 9.17) is 16.7 Å². The van der Waals surface area contributed by atoms with E-state index in [0.717, 1.165) is 5.56 Å². The number of rotatable bonds is 2. The Morgan fingerprint density at radius 1 is 1.24 bits per heavy atom. The molecule has 0 saturated carbocycles. The average molecular weight is 303 g/mol. The lowest BCUT2D eigenvalue weighted by Crippen LogP contribution is -2.29. The quantitative estimate of drug-likeness (QED) is 0.866. The molecule has 1 aliphatic heterocycles. The molecule has 6 heteroatoms. The number of carbonyl (C=O) groups is 2. The summed E-state index contributed by atoms with van der Waals surface area (Å²) in [6.07, 6.45) is 0.696. The van der Waals surface area contributed by atoms with Crippen LogP contribution in [0.1, 0.15) is 26.4 Å². The molecule has 0 radical (unpaired) electrons. The van der Waals surface area contributed by atoms with Gasteiger partial charge in [0.05, 0.1) is 5.56 Å². The molecule has 106 valence electrons. The first-order valence-corrected chi connectivity index (χ1v) is 6.75. The summed E-state index contributed by atoms with van der Waals surface area (Å²) < 4.78 is 0. The van der Waals surface area contributed by atoms with E-state index in [2.05, 4.69) is 4.98 Å². The van der Waals surface area contributed by atoms with Crippen molar-refractivity contribution >= 4 is 29.2 Å². The molecule has 0 bridgehead atoms. The van der Waals surface area contributed by atoms with Gasteiger partial charge in [-0.05, 0) is 36.2 Å². The topological polar surface area (TPSA) is 70.5 Å². The van der Waals surface area contributed by atoms with Gasteiger partial charge in [-0.15, -0.1) is 0 Å². The Kier molecular flexibility index (Phi) is 3.35. The van der Waals surface area contributed by atoms with E-state index in [1.54, 1.807) is 35.2 Å². The smallest absolute Gasteiger partial charge is 0.335 e. The van der Waals surface area contributed by atoms with Crippen LogP contribution in [-0.2, 0) is 6.42 Å². The second kappa shape index (κ2) is 5.18. The number of pyridine rings is 1. The number of carboxylic acids is 1. The van der Waals surface area contributed by atoms with Crippen LogP contribution in [0, 0.1) is 0 Å². The number of carbonyl (C=O) groups excluding carboxylic acids is 1. The third kappa shape index (κ3) is 2.48. The first-order chi connectivity index (χ1) is 10.1. The summed E-state index contributed by atoms with van der Waals surface area (Å²) in [5.74, 6) is -1.29. The lowest BCUT2D eigenvalue weighted by Gasteiger charge is -2.17. The zero-order chi connectivity index (χ0) is 15.0. The number of nitrogens with zero attached hydrogens (tertiary/aromatic N) is 2. The van der Waals surface area contributed by atoms with Crippen LogP contribution in [0.4, 0.5) is 5.69 Å². The fraction of sp³-hybridized carbons (Fsp3) is 0.133. The van der Waals surface area contributed by atoms with Crippen LogP contribution in [0.2, 0.25) is 5.15 Å². The summed E-state index contributed by atoms with van der Waals surface area (Å²) in [7, 11) is 0. The zero-order valence-electron chi connectivity index (χ0n) is 10.9. The number of aromatic carboxylic acids is 1. The minimum Gasteiger partial charge on any atom is -0.478 e. The molecular weight excluding hydrogens is 292 g/mol. The highest BCUT2D eigenvalue weighted by Gasteiger charge is 2.27. The number of hydrogen-bond donors (Lipinski definition) is 1. The molecule has 1 amide bonds. The maximum atomic E-state index is 12.5. The van der Waals surface area contributed by atoms with Gasteiger partial charge in [0, 0.05) is 12.2 Å². The van der Waals surface area contributed by atoms with Crippen molar-refractivity contribution in [2.24, 2.45) is 0 Å². The monoisotopic (exact) mass is 302 g/mol. The van der Waals surface area contributed by atoms with Gasteiger partial charge in [-0.25, -0.2) is 9.78 Å². The zero-order valence-corrected chi connectivity index (χ0v) is 11.7. The van der Waals surface area contributed by atoms with Gasteiger partial charge in [0.2, 0.25) is 0 Å². The van der Waals surface area contributed by atoms with Crippen molar-refractivity contribution in [3.8, 4) is 0 Å². The van der Waals surface area contributed by atoms with Crippen LogP contribution >= 0.6 is 11.6 Å². The predicted octanol–water partition coefficient (Wildman–Crippen LogP) is 2.64. The minimum absolute atomic E-state index is 0.160.